The third-order valence-electron chi connectivity index (χ3n) is 3.66. The van der Waals surface area contributed by atoms with Gasteiger partial charge in [-0.05, 0) is 25.3 Å². The van der Waals surface area contributed by atoms with E-state index in [0.29, 0.717) is 18.5 Å². The molecule has 0 aliphatic carbocycles. The van der Waals surface area contributed by atoms with Crippen molar-refractivity contribution in [3.63, 3.8) is 0 Å². The van der Waals surface area contributed by atoms with Crippen molar-refractivity contribution < 1.29 is 5.11 Å². The highest BCUT2D eigenvalue weighted by molar-refractivity contribution is 5.21. The summed E-state index contributed by atoms with van der Waals surface area (Å²) in [5.41, 5.74) is 0.159. The Labute approximate surface area is 105 Å². The molecular formula is C15H25NO. The van der Waals surface area contributed by atoms with Gasteiger partial charge in [0, 0.05) is 12.6 Å². The van der Waals surface area contributed by atoms with Gasteiger partial charge in [0.15, 0.2) is 0 Å². The fraction of sp³-hybridized carbons (Fsp3) is 0.600. The van der Waals surface area contributed by atoms with E-state index in [0.717, 1.165) is 12.0 Å². The van der Waals surface area contributed by atoms with E-state index in [1.54, 1.807) is 0 Å². The summed E-state index contributed by atoms with van der Waals surface area (Å²) < 4.78 is 0. The molecule has 1 aromatic rings. The Bertz CT molecular complexity index is 321. The SMILES string of the molecule is CCC(C)C(C)NCC(C)(O)c1ccccc1. The van der Waals surface area contributed by atoms with Gasteiger partial charge in [0.2, 0.25) is 0 Å². The molecule has 0 spiro atoms. The first-order valence-electron chi connectivity index (χ1n) is 6.48. The van der Waals surface area contributed by atoms with Crippen LogP contribution in [0.25, 0.3) is 0 Å². The molecule has 0 fully saturated rings. The summed E-state index contributed by atoms with van der Waals surface area (Å²) in [6.07, 6.45) is 1.15. The van der Waals surface area contributed by atoms with Crippen LogP contribution in [0.3, 0.4) is 0 Å². The highest BCUT2D eigenvalue weighted by atomic mass is 16.3. The van der Waals surface area contributed by atoms with E-state index in [2.05, 4.69) is 26.1 Å². The summed E-state index contributed by atoms with van der Waals surface area (Å²) in [5, 5.41) is 13.8. The fourth-order valence-corrected chi connectivity index (χ4v) is 1.81. The Hall–Kier alpha value is -0.860. The smallest absolute Gasteiger partial charge is 0.0992 e. The molecule has 2 nitrogen and oxygen atoms in total. The largest absolute Gasteiger partial charge is 0.384 e. The number of nitrogens with one attached hydrogen (secondary N) is 1. The van der Waals surface area contributed by atoms with Gasteiger partial charge in [0.05, 0.1) is 5.60 Å². The van der Waals surface area contributed by atoms with Crippen molar-refractivity contribution in [1.29, 1.82) is 0 Å². The van der Waals surface area contributed by atoms with Crippen LogP contribution >= 0.6 is 0 Å². The molecular weight excluding hydrogens is 210 g/mol. The minimum atomic E-state index is -0.803. The summed E-state index contributed by atoms with van der Waals surface area (Å²) >= 11 is 0. The third kappa shape index (κ3) is 4.14. The van der Waals surface area contributed by atoms with Crippen LogP contribution in [-0.4, -0.2) is 17.7 Å². The normalized spacial score (nSPS) is 18.4. The van der Waals surface area contributed by atoms with Crippen LogP contribution in [-0.2, 0) is 5.60 Å². The predicted octanol–water partition coefficient (Wildman–Crippen LogP) is 2.92. The first-order valence-corrected chi connectivity index (χ1v) is 6.48. The van der Waals surface area contributed by atoms with Crippen molar-refractivity contribution >= 4 is 0 Å². The van der Waals surface area contributed by atoms with E-state index in [1.165, 1.54) is 0 Å². The van der Waals surface area contributed by atoms with E-state index in [1.807, 2.05) is 37.3 Å². The molecule has 2 N–H and O–H groups in total. The second-order valence-electron chi connectivity index (χ2n) is 5.19. The zero-order chi connectivity index (χ0) is 12.9. The van der Waals surface area contributed by atoms with Gasteiger partial charge >= 0.3 is 0 Å². The zero-order valence-electron chi connectivity index (χ0n) is 11.4. The van der Waals surface area contributed by atoms with Crippen molar-refractivity contribution in [1.82, 2.24) is 5.32 Å². The van der Waals surface area contributed by atoms with Crippen LogP contribution in [0.1, 0.15) is 39.7 Å². The summed E-state index contributed by atoms with van der Waals surface area (Å²) in [6.45, 7) is 9.05. The Balaban J connectivity index is 2.56. The van der Waals surface area contributed by atoms with Gasteiger partial charge in [0.25, 0.3) is 0 Å². The minimum absolute atomic E-state index is 0.426. The lowest BCUT2D eigenvalue weighted by atomic mass is 9.94. The Morgan fingerprint density at radius 2 is 1.82 bits per heavy atom. The van der Waals surface area contributed by atoms with Crippen LogP contribution in [0.4, 0.5) is 0 Å². The molecule has 0 heterocycles. The topological polar surface area (TPSA) is 32.3 Å². The quantitative estimate of drug-likeness (QED) is 0.794. The maximum Gasteiger partial charge on any atom is 0.0992 e. The molecule has 1 rings (SSSR count). The molecule has 0 amide bonds. The van der Waals surface area contributed by atoms with Crippen LogP contribution in [0.15, 0.2) is 30.3 Å². The molecule has 0 bridgehead atoms. The average molecular weight is 235 g/mol. The second-order valence-corrected chi connectivity index (χ2v) is 5.19. The molecule has 0 aliphatic rings. The molecule has 17 heavy (non-hydrogen) atoms. The highest BCUT2D eigenvalue weighted by Crippen LogP contribution is 2.19. The first-order chi connectivity index (χ1) is 7.97. The average Bonchev–Trinajstić information content (AvgIpc) is 2.36. The maximum atomic E-state index is 10.4. The predicted molar refractivity (Wildman–Crippen MR) is 72.9 cm³/mol. The van der Waals surface area contributed by atoms with Crippen LogP contribution in [0.5, 0.6) is 0 Å². The molecule has 96 valence electrons. The van der Waals surface area contributed by atoms with Crippen molar-refractivity contribution in [2.24, 2.45) is 5.92 Å². The summed E-state index contributed by atoms with van der Waals surface area (Å²) in [5.74, 6) is 0.626. The number of aliphatic hydroxyl groups is 1. The molecule has 2 heteroatoms. The number of hydrogen-bond acceptors (Lipinski definition) is 2. The Morgan fingerprint density at radius 1 is 1.24 bits per heavy atom. The van der Waals surface area contributed by atoms with Gasteiger partial charge in [-0.15, -0.1) is 0 Å². The summed E-state index contributed by atoms with van der Waals surface area (Å²) in [4.78, 5) is 0. The van der Waals surface area contributed by atoms with Crippen molar-refractivity contribution in [3.8, 4) is 0 Å². The van der Waals surface area contributed by atoms with Crippen LogP contribution in [0.2, 0.25) is 0 Å². The highest BCUT2D eigenvalue weighted by Gasteiger charge is 2.23. The van der Waals surface area contributed by atoms with Gasteiger partial charge in [-0.2, -0.15) is 0 Å². The van der Waals surface area contributed by atoms with Gasteiger partial charge < -0.3 is 10.4 Å². The monoisotopic (exact) mass is 235 g/mol. The number of benzene rings is 1. The number of rotatable bonds is 6. The van der Waals surface area contributed by atoms with Gasteiger partial charge in [-0.25, -0.2) is 0 Å². The van der Waals surface area contributed by atoms with Crippen LogP contribution < -0.4 is 5.32 Å². The van der Waals surface area contributed by atoms with Gasteiger partial charge in [-0.3, -0.25) is 0 Å². The molecule has 0 radical (unpaired) electrons. The Kier molecular flexibility index (Phi) is 5.16. The van der Waals surface area contributed by atoms with E-state index >= 15 is 0 Å². The fourth-order valence-electron chi connectivity index (χ4n) is 1.81. The molecule has 3 atom stereocenters. The first kappa shape index (κ1) is 14.2. The molecule has 0 aliphatic heterocycles. The van der Waals surface area contributed by atoms with E-state index in [4.69, 9.17) is 0 Å². The zero-order valence-corrected chi connectivity index (χ0v) is 11.4. The lowest BCUT2D eigenvalue weighted by molar-refractivity contribution is 0.0523. The molecule has 0 aromatic heterocycles. The van der Waals surface area contributed by atoms with Gasteiger partial charge in [-0.1, -0.05) is 50.6 Å². The van der Waals surface area contributed by atoms with E-state index in [9.17, 15) is 5.11 Å². The Morgan fingerprint density at radius 3 is 2.35 bits per heavy atom. The summed E-state index contributed by atoms with van der Waals surface area (Å²) in [7, 11) is 0. The maximum absolute atomic E-state index is 10.4. The third-order valence-corrected chi connectivity index (χ3v) is 3.66. The standard InChI is InChI=1S/C15H25NO/c1-5-12(2)13(3)16-11-15(4,17)14-9-7-6-8-10-14/h6-10,12-13,16-17H,5,11H2,1-4H3. The summed E-state index contributed by atoms with van der Waals surface area (Å²) in [6, 6.07) is 10.2. The lowest BCUT2D eigenvalue weighted by Crippen LogP contribution is -2.42. The van der Waals surface area contributed by atoms with Crippen molar-refractivity contribution in [2.45, 2.75) is 45.8 Å². The number of hydrogen-bond donors (Lipinski definition) is 2. The lowest BCUT2D eigenvalue weighted by Gasteiger charge is -2.28. The molecule has 0 saturated heterocycles. The van der Waals surface area contributed by atoms with Gasteiger partial charge in [0.1, 0.15) is 0 Å². The van der Waals surface area contributed by atoms with Crippen molar-refractivity contribution in [2.75, 3.05) is 6.54 Å². The minimum Gasteiger partial charge on any atom is -0.384 e. The van der Waals surface area contributed by atoms with Crippen molar-refractivity contribution in [3.05, 3.63) is 35.9 Å². The second kappa shape index (κ2) is 6.18. The van der Waals surface area contributed by atoms with Crippen LogP contribution in [0, 0.1) is 5.92 Å². The van der Waals surface area contributed by atoms with E-state index < -0.39 is 5.60 Å². The van der Waals surface area contributed by atoms with E-state index in [-0.39, 0.29) is 0 Å². The molecule has 3 unspecified atom stereocenters. The molecule has 1 aromatic carbocycles. The molecule has 0 saturated carbocycles.